The van der Waals surface area contributed by atoms with E-state index in [0.29, 0.717) is 87.7 Å². The molecule has 0 radical (unpaired) electrons. The first kappa shape index (κ1) is 32.5. The highest BCUT2D eigenvalue weighted by molar-refractivity contribution is 6.39. The summed E-state index contributed by atoms with van der Waals surface area (Å²) in [5, 5.41) is 14.7. The summed E-state index contributed by atoms with van der Waals surface area (Å²) < 4.78 is 14.0. The monoisotopic (exact) mass is 676 g/mol. The summed E-state index contributed by atoms with van der Waals surface area (Å²) in [4.78, 5) is 34.1. The van der Waals surface area contributed by atoms with Crippen molar-refractivity contribution in [1.82, 2.24) is 40.1 Å². The van der Waals surface area contributed by atoms with Crippen molar-refractivity contribution in [3.63, 3.8) is 0 Å². The number of halogens is 2. The topological polar surface area (TPSA) is 137 Å². The Bertz CT molecular complexity index is 2010. The Balaban J connectivity index is 1.30. The fourth-order valence-electron chi connectivity index (χ4n) is 5.70. The highest BCUT2D eigenvalue weighted by atomic mass is 35.5. The van der Waals surface area contributed by atoms with Crippen LogP contribution in [0.5, 0.6) is 11.9 Å². The Morgan fingerprint density at radius 3 is 2.60 bits per heavy atom. The molecule has 0 saturated carbocycles. The molecule has 1 atom stereocenters. The number of likely N-dealkylation sites (N-methyl/N-ethyl adjacent to an activating group) is 1. The normalized spacial score (nSPS) is 14.5. The average molecular weight is 678 g/mol. The number of hydrogen-bond acceptors (Lipinski definition) is 9. The number of carbonyl (C=O) groups excluding carboxylic acids is 1. The van der Waals surface area contributed by atoms with E-state index in [0.717, 1.165) is 12.0 Å². The molecule has 3 N–H and O–H groups in total. The summed E-state index contributed by atoms with van der Waals surface area (Å²) in [6.45, 7) is 2.17. The lowest BCUT2D eigenvalue weighted by atomic mass is 10.00. The van der Waals surface area contributed by atoms with Crippen molar-refractivity contribution < 1.29 is 14.3 Å². The second-order valence-corrected chi connectivity index (χ2v) is 11.8. The molecule has 1 aromatic carbocycles. The van der Waals surface area contributed by atoms with Crippen molar-refractivity contribution in [2.75, 3.05) is 34.4 Å². The van der Waals surface area contributed by atoms with Gasteiger partial charge < -0.3 is 25.4 Å². The van der Waals surface area contributed by atoms with Gasteiger partial charge in [-0.2, -0.15) is 0 Å². The number of benzene rings is 1. The van der Waals surface area contributed by atoms with E-state index < -0.39 is 0 Å². The molecule has 0 spiro atoms. The number of fused-ring (bicyclic) bond motifs is 1. The molecule has 47 heavy (non-hydrogen) atoms. The van der Waals surface area contributed by atoms with Gasteiger partial charge in [0, 0.05) is 78.9 Å². The molecule has 5 aromatic rings. The second kappa shape index (κ2) is 14.1. The number of rotatable bonds is 12. The number of ether oxygens (including phenoxy) is 2. The van der Waals surface area contributed by atoms with E-state index in [4.69, 9.17) is 37.7 Å². The van der Waals surface area contributed by atoms with E-state index in [1.165, 1.54) is 16.2 Å². The molecule has 1 amide bonds. The third kappa shape index (κ3) is 6.54. The van der Waals surface area contributed by atoms with Gasteiger partial charge >= 0.3 is 6.01 Å². The number of nitrogens with one attached hydrogen (secondary N) is 3. The van der Waals surface area contributed by atoms with Gasteiger partial charge in [0.15, 0.2) is 0 Å². The van der Waals surface area contributed by atoms with Crippen LogP contribution in [0.15, 0.2) is 59.7 Å². The van der Waals surface area contributed by atoms with Gasteiger partial charge in [0.25, 0.3) is 5.56 Å². The molecule has 244 valence electrons. The van der Waals surface area contributed by atoms with Crippen LogP contribution in [0.25, 0.3) is 39.2 Å². The molecule has 1 saturated heterocycles. The second-order valence-electron chi connectivity index (χ2n) is 11.1. The van der Waals surface area contributed by atoms with Crippen molar-refractivity contribution in [1.29, 1.82) is 0 Å². The molecule has 4 aromatic heterocycles. The van der Waals surface area contributed by atoms with Gasteiger partial charge in [-0.25, -0.2) is 9.50 Å². The van der Waals surface area contributed by atoms with Crippen LogP contribution in [0.1, 0.15) is 18.4 Å². The smallest absolute Gasteiger partial charge is 0.316 e. The van der Waals surface area contributed by atoms with Crippen LogP contribution in [0.3, 0.4) is 0 Å². The van der Waals surface area contributed by atoms with Crippen LogP contribution in [0.2, 0.25) is 10.0 Å². The van der Waals surface area contributed by atoms with Crippen LogP contribution < -0.4 is 31.0 Å². The number of nitrogens with zero attached hydrogens (tertiary/aromatic N) is 5. The standard InChI is InChI=1S/C33H34Cl2N8O4/c1-36-13-14-42-32(45)26-15-20(18-43(26)41-33(42)47-3)30-29(35)23(11-12-38-30)22-5-4-6-24(28(22)34)25-9-7-19(31(40-25)46-2)16-37-17-21-8-10-27(44)39-21/h4-7,9,11-12,15,18,21,36-37H,8,10,13-14,16-17H2,1-3H3,(H,39,44)/t21-/m0/s1. The summed E-state index contributed by atoms with van der Waals surface area (Å²) >= 11 is 14.1. The van der Waals surface area contributed by atoms with E-state index in [2.05, 4.69) is 26.0 Å². The molecule has 1 aliphatic heterocycles. The Hall–Kier alpha value is -4.49. The van der Waals surface area contributed by atoms with Gasteiger partial charge in [-0.3, -0.25) is 19.1 Å². The molecule has 6 rings (SSSR count). The van der Waals surface area contributed by atoms with Crippen LogP contribution in [0, 0.1) is 0 Å². The average Bonchev–Trinajstić information content (AvgIpc) is 3.70. The van der Waals surface area contributed by atoms with E-state index in [9.17, 15) is 9.59 Å². The zero-order chi connectivity index (χ0) is 33.1. The molecule has 5 heterocycles. The number of hydrogen-bond donors (Lipinski definition) is 3. The van der Waals surface area contributed by atoms with Gasteiger partial charge in [-0.05, 0) is 31.7 Å². The first-order valence-electron chi connectivity index (χ1n) is 15.1. The fourth-order valence-corrected chi connectivity index (χ4v) is 6.35. The zero-order valence-electron chi connectivity index (χ0n) is 26.1. The molecular formula is C33H34Cl2N8O4. The van der Waals surface area contributed by atoms with Gasteiger partial charge in [0.1, 0.15) is 5.52 Å². The third-order valence-electron chi connectivity index (χ3n) is 8.11. The quantitative estimate of drug-likeness (QED) is 0.178. The van der Waals surface area contributed by atoms with Crippen LogP contribution in [-0.2, 0) is 17.9 Å². The third-order valence-corrected chi connectivity index (χ3v) is 8.90. The minimum atomic E-state index is -0.242. The largest absolute Gasteiger partial charge is 0.481 e. The molecule has 0 bridgehead atoms. The molecule has 14 heteroatoms. The summed E-state index contributed by atoms with van der Waals surface area (Å²) in [6.07, 6.45) is 4.74. The number of aromatic nitrogens is 5. The predicted octanol–water partition coefficient (Wildman–Crippen LogP) is 4.20. The molecule has 0 aliphatic carbocycles. The Labute approximate surface area is 281 Å². The van der Waals surface area contributed by atoms with Crippen molar-refractivity contribution in [3.05, 3.63) is 80.8 Å². The maximum Gasteiger partial charge on any atom is 0.316 e. The number of methoxy groups -OCH3 is 2. The fraction of sp³-hybridized carbons (Fsp3) is 0.303. The number of amides is 1. The Kier molecular flexibility index (Phi) is 9.73. The highest BCUT2D eigenvalue weighted by Gasteiger charge is 2.22. The van der Waals surface area contributed by atoms with Gasteiger partial charge in [0.2, 0.25) is 11.8 Å². The van der Waals surface area contributed by atoms with Crippen molar-refractivity contribution >= 4 is 34.6 Å². The number of carbonyl (C=O) groups is 1. The molecule has 1 fully saturated rings. The first-order valence-corrected chi connectivity index (χ1v) is 15.9. The summed E-state index contributed by atoms with van der Waals surface area (Å²) in [6, 6.07) is 13.4. The lowest BCUT2D eigenvalue weighted by Crippen LogP contribution is -2.35. The van der Waals surface area contributed by atoms with Gasteiger partial charge in [-0.1, -0.05) is 47.5 Å². The van der Waals surface area contributed by atoms with E-state index in [1.807, 2.05) is 37.4 Å². The minimum Gasteiger partial charge on any atom is -0.481 e. The van der Waals surface area contributed by atoms with Crippen molar-refractivity contribution in [2.45, 2.75) is 32.0 Å². The van der Waals surface area contributed by atoms with Crippen LogP contribution >= 0.6 is 23.2 Å². The van der Waals surface area contributed by atoms with E-state index >= 15 is 0 Å². The van der Waals surface area contributed by atoms with Crippen LogP contribution in [0.4, 0.5) is 0 Å². The van der Waals surface area contributed by atoms with Gasteiger partial charge in [-0.15, -0.1) is 5.10 Å². The summed E-state index contributed by atoms with van der Waals surface area (Å²) in [5.74, 6) is 0.569. The zero-order valence-corrected chi connectivity index (χ0v) is 27.7. The van der Waals surface area contributed by atoms with Crippen LogP contribution in [-0.4, -0.2) is 70.5 Å². The first-order chi connectivity index (χ1) is 22.8. The van der Waals surface area contributed by atoms with Crippen molar-refractivity contribution in [2.24, 2.45) is 0 Å². The summed E-state index contributed by atoms with van der Waals surface area (Å²) in [5.41, 5.74) is 4.81. The molecule has 1 aliphatic rings. The predicted molar refractivity (Wildman–Crippen MR) is 181 cm³/mol. The lowest BCUT2D eigenvalue weighted by molar-refractivity contribution is -0.119. The molecule has 12 nitrogen and oxygen atoms in total. The van der Waals surface area contributed by atoms with Crippen molar-refractivity contribution in [3.8, 4) is 45.5 Å². The molecular weight excluding hydrogens is 643 g/mol. The van der Waals surface area contributed by atoms with E-state index in [-0.39, 0.29) is 23.5 Å². The SMILES string of the molecule is CNCCn1c(OC)nn2cc(-c3nccc(-c4cccc(-c5ccc(CNC[C@@H]6CCC(=O)N6)c(OC)n5)c4Cl)c3Cl)cc2c1=O. The highest BCUT2D eigenvalue weighted by Crippen LogP contribution is 2.41. The Morgan fingerprint density at radius 2 is 1.85 bits per heavy atom. The summed E-state index contributed by atoms with van der Waals surface area (Å²) in [7, 11) is 4.87. The Morgan fingerprint density at radius 1 is 1.04 bits per heavy atom. The molecule has 0 unspecified atom stereocenters. The van der Waals surface area contributed by atoms with Gasteiger partial charge in [0.05, 0.1) is 35.7 Å². The minimum absolute atomic E-state index is 0.0899. The lowest BCUT2D eigenvalue weighted by Gasteiger charge is -2.15. The maximum atomic E-state index is 13.3. The number of pyridine rings is 2. The maximum absolute atomic E-state index is 13.3. The van der Waals surface area contributed by atoms with E-state index in [1.54, 1.807) is 31.6 Å².